The summed E-state index contributed by atoms with van der Waals surface area (Å²) in [6.07, 6.45) is 5.82. The fraction of sp³-hybridized carbons (Fsp3) is 0.400. The molecule has 1 N–H and O–H groups in total. The third kappa shape index (κ3) is 3.55. The van der Waals surface area contributed by atoms with E-state index in [2.05, 4.69) is 21.0 Å². The average molecular weight is 367 g/mol. The van der Waals surface area contributed by atoms with Gasteiger partial charge in [-0.15, -0.1) is 0 Å². The fourth-order valence-corrected chi connectivity index (χ4v) is 3.72. The lowest BCUT2D eigenvalue weighted by molar-refractivity contribution is 0.188. The van der Waals surface area contributed by atoms with Gasteiger partial charge < -0.3 is 19.5 Å². The number of rotatable bonds is 4. The number of nitrogens with one attached hydrogen (secondary N) is 1. The minimum Gasteiger partial charge on any atom is -0.383 e. The van der Waals surface area contributed by atoms with E-state index in [-0.39, 0.29) is 6.03 Å². The van der Waals surface area contributed by atoms with E-state index in [0.717, 1.165) is 48.1 Å². The van der Waals surface area contributed by atoms with E-state index in [9.17, 15) is 4.79 Å². The molecular formula is C20H25N5O2. The minimum absolute atomic E-state index is 0.0649. The van der Waals surface area contributed by atoms with Crippen molar-refractivity contribution in [3.8, 4) is 0 Å². The molecule has 7 nitrogen and oxygen atoms in total. The van der Waals surface area contributed by atoms with Gasteiger partial charge in [-0.25, -0.2) is 4.79 Å². The standard InChI is InChI=1S/C20H25N5O2/c1-23-18-4-3-8-25(14-16(18)13-21-23)20(26)22-17-5-6-19-15(12-17)7-9-24(19)10-11-27-2/h5-7,9,12-13H,3-4,8,10-11,14H2,1-2H3,(H,22,26). The van der Waals surface area contributed by atoms with E-state index >= 15 is 0 Å². The zero-order valence-corrected chi connectivity index (χ0v) is 15.8. The summed E-state index contributed by atoms with van der Waals surface area (Å²) < 4.78 is 9.23. The van der Waals surface area contributed by atoms with Gasteiger partial charge in [0.1, 0.15) is 0 Å². The first-order chi connectivity index (χ1) is 13.2. The number of urea groups is 1. The summed E-state index contributed by atoms with van der Waals surface area (Å²) in [7, 11) is 3.67. The molecule has 0 saturated carbocycles. The number of carbonyl (C=O) groups is 1. The second-order valence-electron chi connectivity index (χ2n) is 6.97. The second kappa shape index (κ2) is 7.44. The monoisotopic (exact) mass is 367 g/mol. The molecular weight excluding hydrogens is 342 g/mol. The highest BCUT2D eigenvalue weighted by Crippen LogP contribution is 2.22. The van der Waals surface area contributed by atoms with Gasteiger partial charge in [0.25, 0.3) is 0 Å². The first kappa shape index (κ1) is 17.6. The highest BCUT2D eigenvalue weighted by Gasteiger charge is 2.21. The number of benzene rings is 1. The molecule has 0 radical (unpaired) electrons. The SMILES string of the molecule is COCCn1ccc2cc(NC(=O)N3CCCc4c(cnn4C)C3)ccc21. The molecule has 0 unspecified atom stereocenters. The molecule has 1 aliphatic rings. The maximum absolute atomic E-state index is 12.8. The normalized spacial score (nSPS) is 14.2. The molecule has 4 rings (SSSR count). The Hall–Kier alpha value is -2.80. The van der Waals surface area contributed by atoms with E-state index in [0.29, 0.717) is 13.2 Å². The molecule has 0 bridgehead atoms. The van der Waals surface area contributed by atoms with Gasteiger partial charge in [-0.05, 0) is 37.1 Å². The number of aromatic nitrogens is 3. The van der Waals surface area contributed by atoms with E-state index < -0.39 is 0 Å². The van der Waals surface area contributed by atoms with Crippen LogP contribution in [-0.2, 0) is 31.3 Å². The first-order valence-corrected chi connectivity index (χ1v) is 9.29. The largest absolute Gasteiger partial charge is 0.383 e. The highest BCUT2D eigenvalue weighted by molar-refractivity contribution is 5.93. The van der Waals surface area contributed by atoms with Crippen LogP contribution in [-0.4, -0.2) is 45.5 Å². The number of nitrogens with zero attached hydrogens (tertiary/aromatic N) is 4. The number of ether oxygens (including phenoxy) is 1. The zero-order valence-electron chi connectivity index (χ0n) is 15.8. The fourth-order valence-electron chi connectivity index (χ4n) is 3.72. The number of anilines is 1. The topological polar surface area (TPSA) is 64.3 Å². The maximum atomic E-state index is 12.8. The Morgan fingerprint density at radius 3 is 3.07 bits per heavy atom. The van der Waals surface area contributed by atoms with Crippen LogP contribution in [0.2, 0.25) is 0 Å². The third-order valence-corrected chi connectivity index (χ3v) is 5.20. The molecule has 1 aromatic carbocycles. The Bertz CT molecular complexity index is 959. The van der Waals surface area contributed by atoms with Gasteiger partial charge in [-0.2, -0.15) is 5.10 Å². The lowest BCUT2D eigenvalue weighted by Crippen LogP contribution is -2.34. The number of hydrogen-bond donors (Lipinski definition) is 1. The van der Waals surface area contributed by atoms with Crippen LogP contribution < -0.4 is 5.32 Å². The molecule has 0 saturated heterocycles. The summed E-state index contributed by atoms with van der Waals surface area (Å²) in [5.41, 5.74) is 4.31. The lowest BCUT2D eigenvalue weighted by Gasteiger charge is -2.21. The van der Waals surface area contributed by atoms with Gasteiger partial charge in [-0.3, -0.25) is 4.68 Å². The Balaban J connectivity index is 1.47. The quantitative estimate of drug-likeness (QED) is 0.771. The van der Waals surface area contributed by atoms with Crippen molar-refractivity contribution in [2.45, 2.75) is 25.9 Å². The van der Waals surface area contributed by atoms with Gasteiger partial charge >= 0.3 is 6.03 Å². The Labute approximate surface area is 158 Å². The summed E-state index contributed by atoms with van der Waals surface area (Å²) >= 11 is 0. The predicted octanol–water partition coefficient (Wildman–Crippen LogP) is 3.00. The molecule has 3 aromatic rings. The number of carbonyl (C=O) groups excluding carboxylic acids is 1. The van der Waals surface area contributed by atoms with Crippen molar-refractivity contribution >= 4 is 22.6 Å². The molecule has 2 aromatic heterocycles. The Kier molecular flexibility index (Phi) is 4.85. The third-order valence-electron chi connectivity index (χ3n) is 5.20. The first-order valence-electron chi connectivity index (χ1n) is 9.29. The van der Waals surface area contributed by atoms with Gasteiger partial charge in [0, 0.05) is 61.3 Å². The van der Waals surface area contributed by atoms with Crippen LogP contribution in [0.15, 0.2) is 36.7 Å². The maximum Gasteiger partial charge on any atom is 0.322 e. The van der Waals surface area contributed by atoms with Crippen LogP contribution in [0.5, 0.6) is 0 Å². The second-order valence-corrected chi connectivity index (χ2v) is 6.97. The van der Waals surface area contributed by atoms with Crippen molar-refractivity contribution in [2.24, 2.45) is 7.05 Å². The summed E-state index contributed by atoms with van der Waals surface area (Å²) in [6.45, 7) is 2.83. The zero-order chi connectivity index (χ0) is 18.8. The lowest BCUT2D eigenvalue weighted by atomic mass is 10.2. The van der Waals surface area contributed by atoms with Crippen LogP contribution in [0.25, 0.3) is 10.9 Å². The summed E-state index contributed by atoms with van der Waals surface area (Å²) in [6, 6.07) is 8.02. The Morgan fingerprint density at radius 2 is 2.22 bits per heavy atom. The molecule has 142 valence electrons. The van der Waals surface area contributed by atoms with Gasteiger partial charge in [0.05, 0.1) is 19.3 Å². The van der Waals surface area contributed by atoms with Crippen molar-refractivity contribution in [1.29, 1.82) is 0 Å². The van der Waals surface area contributed by atoms with E-state index in [1.165, 1.54) is 5.69 Å². The average Bonchev–Trinajstić information content (AvgIpc) is 3.14. The smallest absolute Gasteiger partial charge is 0.322 e. The van der Waals surface area contributed by atoms with Crippen LogP contribution in [0.4, 0.5) is 10.5 Å². The molecule has 2 amide bonds. The minimum atomic E-state index is -0.0649. The van der Waals surface area contributed by atoms with E-state index in [4.69, 9.17) is 4.74 Å². The molecule has 0 aliphatic carbocycles. The molecule has 3 heterocycles. The van der Waals surface area contributed by atoms with Crippen LogP contribution in [0.1, 0.15) is 17.7 Å². The van der Waals surface area contributed by atoms with Crippen LogP contribution in [0, 0.1) is 0 Å². The number of fused-ring (bicyclic) bond motifs is 2. The summed E-state index contributed by atoms with van der Waals surface area (Å²) in [5, 5.41) is 8.48. The highest BCUT2D eigenvalue weighted by atomic mass is 16.5. The molecule has 7 heteroatoms. The number of amides is 2. The van der Waals surface area contributed by atoms with Crippen molar-refractivity contribution in [1.82, 2.24) is 19.2 Å². The molecule has 27 heavy (non-hydrogen) atoms. The molecule has 0 fully saturated rings. The van der Waals surface area contributed by atoms with Gasteiger partial charge in [0.15, 0.2) is 0 Å². The molecule has 0 atom stereocenters. The molecule has 1 aliphatic heterocycles. The van der Waals surface area contributed by atoms with Crippen molar-refractivity contribution in [3.05, 3.63) is 47.9 Å². The number of hydrogen-bond acceptors (Lipinski definition) is 3. The van der Waals surface area contributed by atoms with Crippen molar-refractivity contribution in [3.63, 3.8) is 0 Å². The van der Waals surface area contributed by atoms with Gasteiger partial charge in [-0.1, -0.05) is 0 Å². The summed E-state index contributed by atoms with van der Waals surface area (Å²) in [4.78, 5) is 14.6. The van der Waals surface area contributed by atoms with Crippen LogP contribution in [0.3, 0.4) is 0 Å². The number of methoxy groups -OCH3 is 1. The van der Waals surface area contributed by atoms with E-state index in [1.807, 2.05) is 47.2 Å². The van der Waals surface area contributed by atoms with Gasteiger partial charge in [0.2, 0.25) is 0 Å². The van der Waals surface area contributed by atoms with E-state index in [1.54, 1.807) is 7.11 Å². The van der Waals surface area contributed by atoms with Crippen molar-refractivity contribution in [2.75, 3.05) is 25.6 Å². The Morgan fingerprint density at radius 1 is 1.33 bits per heavy atom. The van der Waals surface area contributed by atoms with Crippen LogP contribution >= 0.6 is 0 Å². The predicted molar refractivity (Wildman–Crippen MR) is 105 cm³/mol. The molecule has 0 spiro atoms. The van der Waals surface area contributed by atoms with Crippen molar-refractivity contribution < 1.29 is 9.53 Å². The summed E-state index contributed by atoms with van der Waals surface area (Å²) in [5.74, 6) is 0. The number of aryl methyl sites for hydroxylation is 1.